The van der Waals surface area contributed by atoms with Crippen LogP contribution < -0.4 is 14.8 Å². The molecule has 3 rings (SSSR count). The first-order chi connectivity index (χ1) is 10.2. The third kappa shape index (κ3) is 3.23. The Hall–Kier alpha value is -1.91. The van der Waals surface area contributed by atoms with E-state index in [0.29, 0.717) is 31.3 Å². The zero-order valence-corrected chi connectivity index (χ0v) is 12.2. The molecule has 5 heteroatoms. The first-order valence-electron chi connectivity index (χ1n) is 6.79. The SMILES string of the molecule is Oc1c(Cl)cccc1CNCc1ccc2c(c1)OCCO2. The van der Waals surface area contributed by atoms with Crippen molar-refractivity contribution in [1.29, 1.82) is 0 Å². The van der Waals surface area contributed by atoms with Crippen LogP contribution in [0.3, 0.4) is 0 Å². The zero-order chi connectivity index (χ0) is 14.7. The monoisotopic (exact) mass is 305 g/mol. The Balaban J connectivity index is 1.61. The van der Waals surface area contributed by atoms with Crippen molar-refractivity contribution in [3.05, 3.63) is 52.5 Å². The molecule has 0 saturated carbocycles. The highest BCUT2D eigenvalue weighted by atomic mass is 35.5. The molecule has 0 amide bonds. The van der Waals surface area contributed by atoms with E-state index in [1.54, 1.807) is 6.07 Å². The van der Waals surface area contributed by atoms with Crippen LogP contribution in [0.25, 0.3) is 0 Å². The Morgan fingerprint density at radius 2 is 1.86 bits per heavy atom. The topological polar surface area (TPSA) is 50.7 Å². The molecular weight excluding hydrogens is 290 g/mol. The molecule has 1 aliphatic rings. The van der Waals surface area contributed by atoms with Gasteiger partial charge in [0.2, 0.25) is 0 Å². The summed E-state index contributed by atoms with van der Waals surface area (Å²) < 4.78 is 11.0. The van der Waals surface area contributed by atoms with Gasteiger partial charge in [0, 0.05) is 18.7 Å². The molecule has 21 heavy (non-hydrogen) atoms. The second-order valence-electron chi connectivity index (χ2n) is 4.83. The Morgan fingerprint density at radius 3 is 2.71 bits per heavy atom. The molecule has 0 bridgehead atoms. The van der Waals surface area contributed by atoms with Gasteiger partial charge in [-0.15, -0.1) is 0 Å². The summed E-state index contributed by atoms with van der Waals surface area (Å²) in [7, 11) is 0. The summed E-state index contributed by atoms with van der Waals surface area (Å²) >= 11 is 5.88. The lowest BCUT2D eigenvalue weighted by atomic mass is 10.1. The van der Waals surface area contributed by atoms with Gasteiger partial charge in [0.05, 0.1) is 5.02 Å². The van der Waals surface area contributed by atoms with Crippen molar-refractivity contribution < 1.29 is 14.6 Å². The van der Waals surface area contributed by atoms with E-state index in [1.165, 1.54) is 0 Å². The van der Waals surface area contributed by atoms with Gasteiger partial charge in [0.25, 0.3) is 0 Å². The normalized spacial score (nSPS) is 13.2. The molecule has 4 nitrogen and oxygen atoms in total. The number of rotatable bonds is 4. The van der Waals surface area contributed by atoms with E-state index in [-0.39, 0.29) is 5.75 Å². The summed E-state index contributed by atoms with van der Waals surface area (Å²) in [6, 6.07) is 11.2. The smallest absolute Gasteiger partial charge is 0.161 e. The van der Waals surface area contributed by atoms with E-state index in [9.17, 15) is 5.11 Å². The predicted octanol–water partition coefficient (Wildman–Crippen LogP) is 3.11. The lowest BCUT2D eigenvalue weighted by Crippen LogP contribution is -2.16. The fourth-order valence-electron chi connectivity index (χ4n) is 2.24. The average molecular weight is 306 g/mol. The summed E-state index contributed by atoms with van der Waals surface area (Å²) in [5, 5.41) is 13.5. The van der Waals surface area contributed by atoms with E-state index in [4.69, 9.17) is 21.1 Å². The van der Waals surface area contributed by atoms with Gasteiger partial charge >= 0.3 is 0 Å². The third-order valence-electron chi connectivity index (χ3n) is 3.32. The Labute approximate surface area is 128 Å². The molecule has 2 N–H and O–H groups in total. The van der Waals surface area contributed by atoms with E-state index >= 15 is 0 Å². The number of fused-ring (bicyclic) bond motifs is 1. The molecule has 0 aromatic heterocycles. The molecule has 0 radical (unpaired) electrons. The number of phenolic OH excluding ortho intramolecular Hbond substituents is 1. The molecule has 0 unspecified atom stereocenters. The van der Waals surface area contributed by atoms with Gasteiger partial charge in [-0.05, 0) is 23.8 Å². The maximum atomic E-state index is 9.84. The number of nitrogens with one attached hydrogen (secondary N) is 1. The van der Waals surface area contributed by atoms with Crippen LogP contribution in [0.2, 0.25) is 5.02 Å². The van der Waals surface area contributed by atoms with Crippen molar-refractivity contribution in [2.24, 2.45) is 0 Å². The average Bonchev–Trinajstić information content (AvgIpc) is 2.51. The quantitative estimate of drug-likeness (QED) is 0.911. The molecule has 0 aliphatic carbocycles. The molecule has 0 atom stereocenters. The second-order valence-corrected chi connectivity index (χ2v) is 5.24. The summed E-state index contributed by atoms with van der Waals surface area (Å²) in [5.41, 5.74) is 1.88. The number of para-hydroxylation sites is 1. The van der Waals surface area contributed by atoms with Gasteiger partial charge < -0.3 is 19.9 Å². The van der Waals surface area contributed by atoms with Gasteiger partial charge in [-0.2, -0.15) is 0 Å². The van der Waals surface area contributed by atoms with Crippen LogP contribution in [0.1, 0.15) is 11.1 Å². The van der Waals surface area contributed by atoms with Gasteiger partial charge in [-0.25, -0.2) is 0 Å². The van der Waals surface area contributed by atoms with Crippen molar-refractivity contribution in [1.82, 2.24) is 5.32 Å². The standard InChI is InChI=1S/C16H16ClNO3/c17-13-3-1-2-12(16(13)19)10-18-9-11-4-5-14-15(8-11)21-7-6-20-14/h1-5,8,18-19H,6-7,9-10H2. The molecule has 110 valence electrons. The maximum absolute atomic E-state index is 9.84. The molecule has 1 aliphatic heterocycles. The highest BCUT2D eigenvalue weighted by Crippen LogP contribution is 2.31. The van der Waals surface area contributed by atoms with E-state index in [0.717, 1.165) is 22.6 Å². The summed E-state index contributed by atoms with van der Waals surface area (Å²) in [6.07, 6.45) is 0. The van der Waals surface area contributed by atoms with Crippen LogP contribution in [-0.2, 0) is 13.1 Å². The van der Waals surface area contributed by atoms with Crippen LogP contribution in [0, 0.1) is 0 Å². The van der Waals surface area contributed by atoms with E-state index < -0.39 is 0 Å². The summed E-state index contributed by atoms with van der Waals surface area (Å²) in [6.45, 7) is 2.39. The second kappa shape index (κ2) is 6.24. The molecule has 1 heterocycles. The van der Waals surface area contributed by atoms with Crippen LogP contribution in [-0.4, -0.2) is 18.3 Å². The molecule has 0 fully saturated rings. The number of benzene rings is 2. The highest BCUT2D eigenvalue weighted by molar-refractivity contribution is 6.32. The van der Waals surface area contributed by atoms with Gasteiger partial charge in [0.1, 0.15) is 19.0 Å². The van der Waals surface area contributed by atoms with E-state index in [2.05, 4.69) is 5.32 Å². The van der Waals surface area contributed by atoms with Gasteiger partial charge in [-0.3, -0.25) is 0 Å². The van der Waals surface area contributed by atoms with Crippen molar-refractivity contribution >= 4 is 11.6 Å². The minimum atomic E-state index is 0.133. The Bertz CT molecular complexity index is 645. The van der Waals surface area contributed by atoms with Crippen molar-refractivity contribution in [3.63, 3.8) is 0 Å². The fraction of sp³-hybridized carbons (Fsp3) is 0.250. The molecule has 0 spiro atoms. The number of aromatic hydroxyl groups is 1. The van der Waals surface area contributed by atoms with Crippen LogP contribution in [0.5, 0.6) is 17.2 Å². The Morgan fingerprint density at radius 1 is 1.05 bits per heavy atom. The highest BCUT2D eigenvalue weighted by Gasteiger charge is 2.11. The number of phenols is 1. The first kappa shape index (κ1) is 14.0. The van der Waals surface area contributed by atoms with Gasteiger partial charge in [-0.1, -0.05) is 29.8 Å². The molecule has 2 aromatic carbocycles. The Kier molecular flexibility index (Phi) is 4.18. The van der Waals surface area contributed by atoms with Crippen molar-refractivity contribution in [2.45, 2.75) is 13.1 Å². The zero-order valence-electron chi connectivity index (χ0n) is 11.4. The number of hydrogen-bond acceptors (Lipinski definition) is 4. The van der Waals surface area contributed by atoms with Crippen molar-refractivity contribution in [2.75, 3.05) is 13.2 Å². The largest absolute Gasteiger partial charge is 0.506 e. The first-order valence-corrected chi connectivity index (χ1v) is 7.17. The lowest BCUT2D eigenvalue weighted by Gasteiger charge is -2.19. The number of hydrogen-bond donors (Lipinski definition) is 2. The maximum Gasteiger partial charge on any atom is 0.161 e. The summed E-state index contributed by atoms with van der Waals surface area (Å²) in [4.78, 5) is 0. The molecule has 0 saturated heterocycles. The van der Waals surface area contributed by atoms with Crippen molar-refractivity contribution in [3.8, 4) is 17.2 Å². The number of ether oxygens (including phenoxy) is 2. The van der Waals surface area contributed by atoms with Crippen LogP contribution in [0.15, 0.2) is 36.4 Å². The van der Waals surface area contributed by atoms with Crippen LogP contribution in [0.4, 0.5) is 0 Å². The molecular formula is C16H16ClNO3. The number of halogens is 1. The minimum absolute atomic E-state index is 0.133. The third-order valence-corrected chi connectivity index (χ3v) is 3.63. The minimum Gasteiger partial charge on any atom is -0.506 e. The fourth-order valence-corrected chi connectivity index (χ4v) is 2.44. The van der Waals surface area contributed by atoms with E-state index in [1.807, 2.05) is 30.3 Å². The lowest BCUT2D eigenvalue weighted by molar-refractivity contribution is 0.171. The van der Waals surface area contributed by atoms with Crippen LogP contribution >= 0.6 is 11.6 Å². The summed E-state index contributed by atoms with van der Waals surface area (Å²) in [5.74, 6) is 1.71. The molecule has 2 aromatic rings. The van der Waals surface area contributed by atoms with Gasteiger partial charge in [0.15, 0.2) is 11.5 Å². The predicted molar refractivity (Wildman–Crippen MR) is 81.1 cm³/mol.